The predicted octanol–water partition coefficient (Wildman–Crippen LogP) is 4.32. The first kappa shape index (κ1) is 16.7. The monoisotopic (exact) mass is 328 g/mol. The molecule has 3 heteroatoms. The molecule has 1 aromatic rings. The number of allylic oxidation sites excluding steroid dienone is 1. The number of likely N-dealkylation sites (tertiary alicyclic amines) is 1. The minimum atomic E-state index is 0.268. The third-order valence-electron chi connectivity index (χ3n) is 4.92. The number of nitrogens with zero attached hydrogens (tertiary/aromatic N) is 1. The lowest BCUT2D eigenvalue weighted by Crippen LogP contribution is -2.35. The Kier molecular flexibility index (Phi) is 5.17. The molecule has 1 aliphatic heterocycles. The molecule has 1 aromatic carbocycles. The van der Waals surface area contributed by atoms with Crippen molar-refractivity contribution >= 4 is 17.1 Å². The summed E-state index contributed by atoms with van der Waals surface area (Å²) in [6.45, 7) is 9.03. The highest BCUT2D eigenvalue weighted by molar-refractivity contribution is 7.80. The average Bonchev–Trinajstić information content (AvgIpc) is 3.02. The smallest absolute Gasteiger partial charge is 0.0397 e. The van der Waals surface area contributed by atoms with E-state index in [4.69, 9.17) is 12.2 Å². The van der Waals surface area contributed by atoms with Gasteiger partial charge >= 0.3 is 0 Å². The molecule has 1 N–H and O–H groups in total. The van der Waals surface area contributed by atoms with Crippen molar-refractivity contribution in [3.8, 4) is 0 Å². The molecule has 0 unspecified atom stereocenters. The average molecular weight is 329 g/mol. The molecule has 2 nitrogen and oxygen atoms in total. The third kappa shape index (κ3) is 4.42. The van der Waals surface area contributed by atoms with Crippen molar-refractivity contribution in [1.82, 2.24) is 10.2 Å². The van der Waals surface area contributed by atoms with Crippen LogP contribution in [0.25, 0.3) is 0 Å². The molecule has 0 amide bonds. The summed E-state index contributed by atoms with van der Waals surface area (Å²) in [6.07, 6.45) is 4.81. The summed E-state index contributed by atoms with van der Waals surface area (Å²) < 4.78 is 0. The van der Waals surface area contributed by atoms with Crippen LogP contribution in [0.15, 0.2) is 41.6 Å². The second kappa shape index (κ2) is 7.14. The minimum absolute atomic E-state index is 0.268. The van der Waals surface area contributed by atoms with Gasteiger partial charge in [-0.3, -0.25) is 4.90 Å². The maximum Gasteiger partial charge on any atom is 0.0397 e. The Bertz CT molecular complexity index is 583. The van der Waals surface area contributed by atoms with E-state index in [1.54, 1.807) is 0 Å². The van der Waals surface area contributed by atoms with E-state index in [1.807, 2.05) is 0 Å². The number of rotatable bonds is 5. The Morgan fingerprint density at radius 1 is 1.09 bits per heavy atom. The van der Waals surface area contributed by atoms with Crippen LogP contribution in [0, 0.1) is 5.41 Å². The topological polar surface area (TPSA) is 15.3 Å². The maximum absolute atomic E-state index is 5.79. The Hall–Kier alpha value is -1.19. The molecule has 0 atom stereocenters. The van der Waals surface area contributed by atoms with E-state index < -0.39 is 0 Å². The van der Waals surface area contributed by atoms with Gasteiger partial charge in [0.2, 0.25) is 0 Å². The van der Waals surface area contributed by atoms with Crippen molar-refractivity contribution in [2.24, 2.45) is 5.41 Å². The van der Waals surface area contributed by atoms with Gasteiger partial charge in [0.25, 0.3) is 0 Å². The van der Waals surface area contributed by atoms with Crippen LogP contribution in [0.2, 0.25) is 0 Å². The summed E-state index contributed by atoms with van der Waals surface area (Å²) in [5.74, 6) is 0. The summed E-state index contributed by atoms with van der Waals surface area (Å²) in [5, 5.41) is 3.71. The van der Waals surface area contributed by atoms with Crippen LogP contribution in [-0.4, -0.2) is 29.4 Å². The highest BCUT2D eigenvalue weighted by Crippen LogP contribution is 2.37. The number of thiocarbonyl (C=S) groups is 1. The molecule has 1 saturated heterocycles. The molecule has 3 rings (SSSR count). The summed E-state index contributed by atoms with van der Waals surface area (Å²) in [6, 6.07) is 10.6. The molecule has 2 aliphatic rings. The molecule has 0 saturated carbocycles. The third-order valence-corrected chi connectivity index (χ3v) is 5.32. The van der Waals surface area contributed by atoms with Crippen molar-refractivity contribution in [3.63, 3.8) is 0 Å². The molecule has 23 heavy (non-hydrogen) atoms. The van der Waals surface area contributed by atoms with Gasteiger partial charge in [-0.05, 0) is 55.3 Å². The molecule has 0 bridgehead atoms. The van der Waals surface area contributed by atoms with E-state index in [-0.39, 0.29) is 5.41 Å². The fourth-order valence-corrected chi connectivity index (χ4v) is 4.26. The SMILES string of the molecule is CC1(C)CC(=S)C(CN2CCCC2)=C(NCc2ccccc2)C1. The molecule has 1 aliphatic carbocycles. The highest BCUT2D eigenvalue weighted by atomic mass is 32.1. The van der Waals surface area contributed by atoms with Gasteiger partial charge in [0, 0.05) is 23.7 Å². The lowest BCUT2D eigenvalue weighted by molar-refractivity contribution is 0.340. The molecule has 0 aromatic heterocycles. The van der Waals surface area contributed by atoms with Crippen LogP contribution in [0.5, 0.6) is 0 Å². The largest absolute Gasteiger partial charge is 0.384 e. The summed E-state index contributed by atoms with van der Waals surface area (Å²) >= 11 is 5.79. The van der Waals surface area contributed by atoms with Crippen LogP contribution in [0.3, 0.4) is 0 Å². The fourth-order valence-electron chi connectivity index (χ4n) is 3.68. The molecular weight excluding hydrogens is 300 g/mol. The molecule has 1 heterocycles. The van der Waals surface area contributed by atoms with E-state index in [2.05, 4.69) is 54.4 Å². The molecule has 124 valence electrons. The van der Waals surface area contributed by atoms with Gasteiger partial charge in [0.1, 0.15) is 0 Å². The number of nitrogens with one attached hydrogen (secondary N) is 1. The van der Waals surface area contributed by atoms with Crippen LogP contribution in [0.1, 0.15) is 45.1 Å². The van der Waals surface area contributed by atoms with E-state index >= 15 is 0 Å². The highest BCUT2D eigenvalue weighted by Gasteiger charge is 2.31. The second-order valence-electron chi connectivity index (χ2n) is 7.72. The first-order valence-corrected chi connectivity index (χ1v) is 9.20. The first-order chi connectivity index (χ1) is 11.0. The zero-order chi connectivity index (χ0) is 16.3. The Labute approximate surface area is 146 Å². The zero-order valence-corrected chi connectivity index (χ0v) is 15.2. The molecule has 1 fully saturated rings. The second-order valence-corrected chi connectivity index (χ2v) is 8.21. The van der Waals surface area contributed by atoms with Gasteiger partial charge in [0.15, 0.2) is 0 Å². The zero-order valence-electron chi connectivity index (χ0n) is 14.4. The fraction of sp³-hybridized carbons (Fsp3) is 0.550. The van der Waals surface area contributed by atoms with Gasteiger partial charge in [-0.15, -0.1) is 0 Å². The lowest BCUT2D eigenvalue weighted by atomic mass is 9.76. The van der Waals surface area contributed by atoms with Gasteiger partial charge in [-0.25, -0.2) is 0 Å². The van der Waals surface area contributed by atoms with E-state index in [0.717, 1.165) is 25.9 Å². The first-order valence-electron chi connectivity index (χ1n) is 8.79. The van der Waals surface area contributed by atoms with Crippen molar-refractivity contribution in [2.45, 2.75) is 46.1 Å². The normalized spacial score (nSPS) is 21.7. The Morgan fingerprint density at radius 2 is 1.78 bits per heavy atom. The van der Waals surface area contributed by atoms with Crippen molar-refractivity contribution in [2.75, 3.05) is 19.6 Å². The summed E-state index contributed by atoms with van der Waals surface area (Å²) in [7, 11) is 0. The molecule has 0 radical (unpaired) electrons. The van der Waals surface area contributed by atoms with Gasteiger partial charge in [-0.2, -0.15) is 0 Å². The van der Waals surface area contributed by atoms with Gasteiger partial charge in [-0.1, -0.05) is 56.4 Å². The standard InChI is InChI=1S/C20H28N2S/c1-20(2)12-18(21-14-16-8-4-3-5-9-16)17(19(23)13-20)15-22-10-6-7-11-22/h3-5,8-9,21H,6-7,10-15H2,1-2H3. The van der Waals surface area contributed by atoms with Crippen LogP contribution >= 0.6 is 12.2 Å². The van der Waals surface area contributed by atoms with Gasteiger partial charge in [0.05, 0.1) is 0 Å². The van der Waals surface area contributed by atoms with E-state index in [1.165, 1.54) is 47.6 Å². The van der Waals surface area contributed by atoms with Gasteiger partial charge < -0.3 is 5.32 Å². The summed E-state index contributed by atoms with van der Waals surface area (Å²) in [5.41, 5.74) is 4.37. The van der Waals surface area contributed by atoms with Crippen molar-refractivity contribution < 1.29 is 0 Å². The number of benzene rings is 1. The van der Waals surface area contributed by atoms with E-state index in [9.17, 15) is 0 Å². The number of hydrogen-bond donors (Lipinski definition) is 1. The number of hydrogen-bond acceptors (Lipinski definition) is 3. The summed E-state index contributed by atoms with van der Waals surface area (Å²) in [4.78, 5) is 3.73. The van der Waals surface area contributed by atoms with Crippen LogP contribution < -0.4 is 5.32 Å². The van der Waals surface area contributed by atoms with Crippen molar-refractivity contribution in [1.29, 1.82) is 0 Å². The predicted molar refractivity (Wildman–Crippen MR) is 102 cm³/mol. The van der Waals surface area contributed by atoms with Crippen molar-refractivity contribution in [3.05, 3.63) is 47.2 Å². The molecular formula is C20H28N2S. The minimum Gasteiger partial charge on any atom is -0.384 e. The van der Waals surface area contributed by atoms with Crippen LogP contribution in [0.4, 0.5) is 0 Å². The Morgan fingerprint density at radius 3 is 2.48 bits per heavy atom. The lowest BCUT2D eigenvalue weighted by Gasteiger charge is -2.35. The molecule has 0 spiro atoms. The Balaban J connectivity index is 1.77. The maximum atomic E-state index is 5.79. The quantitative estimate of drug-likeness (QED) is 0.811. The van der Waals surface area contributed by atoms with Crippen LogP contribution in [-0.2, 0) is 6.54 Å². The van der Waals surface area contributed by atoms with E-state index in [0.29, 0.717) is 0 Å².